The third-order valence-electron chi connectivity index (χ3n) is 6.12. The highest BCUT2D eigenvalue weighted by Crippen LogP contribution is 2.50. The van der Waals surface area contributed by atoms with E-state index in [0.717, 1.165) is 40.3 Å². The Balaban J connectivity index is 1.54. The number of fused-ring (bicyclic) bond motifs is 3. The number of hydrogen-bond acceptors (Lipinski definition) is 7. The van der Waals surface area contributed by atoms with Crippen molar-refractivity contribution in [2.45, 2.75) is 25.6 Å². The van der Waals surface area contributed by atoms with Crippen LogP contribution in [-0.4, -0.2) is 37.5 Å². The fourth-order valence-electron chi connectivity index (χ4n) is 4.45. The van der Waals surface area contributed by atoms with Gasteiger partial charge in [-0.25, -0.2) is 9.80 Å². The van der Waals surface area contributed by atoms with Crippen LogP contribution in [0.2, 0.25) is 0 Å². The zero-order valence-electron chi connectivity index (χ0n) is 19.4. The minimum atomic E-state index is -0.472. The Kier molecular flexibility index (Phi) is 5.84. The van der Waals surface area contributed by atoms with Crippen molar-refractivity contribution in [1.82, 2.24) is 5.01 Å². The molecule has 3 aromatic rings. The van der Waals surface area contributed by atoms with Crippen molar-refractivity contribution >= 4 is 11.7 Å². The van der Waals surface area contributed by atoms with Gasteiger partial charge < -0.3 is 18.9 Å². The Bertz CT molecular complexity index is 1220. The summed E-state index contributed by atoms with van der Waals surface area (Å²) in [5.74, 6) is 1.86. The van der Waals surface area contributed by atoms with E-state index in [4.69, 9.17) is 24.0 Å². The average Bonchev–Trinajstić information content (AvgIpc) is 3.34. The van der Waals surface area contributed by atoms with Crippen LogP contribution >= 0.6 is 0 Å². The molecular formula is C27H26N2O5. The largest absolute Gasteiger partial charge is 0.494 e. The minimum Gasteiger partial charge on any atom is -0.494 e. The highest BCUT2D eigenvalue weighted by atomic mass is 16.5. The van der Waals surface area contributed by atoms with Crippen molar-refractivity contribution < 1.29 is 23.7 Å². The Morgan fingerprint density at radius 1 is 1.06 bits per heavy atom. The second-order valence-corrected chi connectivity index (χ2v) is 8.07. The summed E-state index contributed by atoms with van der Waals surface area (Å²) in [5.41, 5.74) is 4.42. The molecule has 7 heteroatoms. The molecule has 0 amide bonds. The summed E-state index contributed by atoms with van der Waals surface area (Å²) in [6.45, 7) is 2.60. The molecule has 0 bridgehead atoms. The van der Waals surface area contributed by atoms with E-state index in [1.807, 2.05) is 60.5 Å². The Hall–Kier alpha value is -4.00. The molecule has 2 aliphatic rings. The molecule has 0 unspecified atom stereocenters. The third kappa shape index (κ3) is 3.83. The summed E-state index contributed by atoms with van der Waals surface area (Å²) in [7, 11) is 3.01. The first kappa shape index (κ1) is 21.8. The van der Waals surface area contributed by atoms with E-state index < -0.39 is 6.23 Å². The standard InChI is InChI=1S/C27H26N2O5/c1-4-33-20-14-12-17(13-15-20)22-16-23-21-6-5-7-24(31-2)25(21)34-26(29(23)28-22)18-8-10-19(11-9-18)27(30)32-3/h5-15,23,26H,4,16H2,1-3H3/t23-,26-/m0/s1. The monoisotopic (exact) mass is 458 g/mol. The van der Waals surface area contributed by atoms with Gasteiger partial charge in [0.2, 0.25) is 6.23 Å². The molecule has 2 atom stereocenters. The number of nitrogens with zero attached hydrogens (tertiary/aromatic N) is 2. The molecule has 0 N–H and O–H groups in total. The predicted molar refractivity (Wildman–Crippen MR) is 127 cm³/mol. The summed E-state index contributed by atoms with van der Waals surface area (Å²) in [4.78, 5) is 11.9. The number of methoxy groups -OCH3 is 2. The molecule has 0 aliphatic carbocycles. The average molecular weight is 459 g/mol. The first-order chi connectivity index (χ1) is 16.6. The minimum absolute atomic E-state index is 0.00861. The van der Waals surface area contributed by atoms with Gasteiger partial charge in [0, 0.05) is 17.5 Å². The van der Waals surface area contributed by atoms with Gasteiger partial charge in [0.05, 0.1) is 38.1 Å². The van der Waals surface area contributed by atoms with Gasteiger partial charge in [-0.05, 0) is 55.0 Å². The molecule has 0 radical (unpaired) electrons. The third-order valence-corrected chi connectivity index (χ3v) is 6.12. The topological polar surface area (TPSA) is 69.6 Å². The summed E-state index contributed by atoms with van der Waals surface area (Å²) in [5, 5.41) is 6.99. The van der Waals surface area contributed by atoms with Gasteiger partial charge in [-0.3, -0.25) is 0 Å². The fraction of sp³-hybridized carbons (Fsp3) is 0.259. The van der Waals surface area contributed by atoms with E-state index in [1.54, 1.807) is 19.2 Å². The molecule has 0 aromatic heterocycles. The van der Waals surface area contributed by atoms with Crippen LogP contribution in [0.25, 0.3) is 0 Å². The van der Waals surface area contributed by atoms with Crippen molar-refractivity contribution in [2.24, 2.45) is 5.10 Å². The Labute approximate surface area is 198 Å². The van der Waals surface area contributed by atoms with E-state index in [9.17, 15) is 4.79 Å². The van der Waals surface area contributed by atoms with Gasteiger partial charge in [-0.2, -0.15) is 5.10 Å². The van der Waals surface area contributed by atoms with Crippen molar-refractivity contribution in [3.8, 4) is 17.2 Å². The Morgan fingerprint density at radius 3 is 2.50 bits per heavy atom. The van der Waals surface area contributed by atoms with Crippen LogP contribution in [-0.2, 0) is 4.74 Å². The van der Waals surface area contributed by atoms with Gasteiger partial charge in [0.15, 0.2) is 11.5 Å². The van der Waals surface area contributed by atoms with Crippen molar-refractivity contribution in [2.75, 3.05) is 20.8 Å². The number of benzene rings is 3. The lowest BCUT2D eigenvalue weighted by molar-refractivity contribution is -0.0209. The normalized spacial score (nSPS) is 18.3. The lowest BCUT2D eigenvalue weighted by Gasteiger charge is -2.38. The predicted octanol–water partition coefficient (Wildman–Crippen LogP) is 5.12. The molecule has 5 rings (SSSR count). The fourth-order valence-corrected chi connectivity index (χ4v) is 4.45. The highest BCUT2D eigenvalue weighted by molar-refractivity contribution is 6.02. The van der Waals surface area contributed by atoms with Gasteiger partial charge in [-0.1, -0.05) is 24.3 Å². The van der Waals surface area contributed by atoms with Crippen LogP contribution in [0, 0.1) is 0 Å². The summed E-state index contributed by atoms with van der Waals surface area (Å²) < 4.78 is 22.5. The number of carbonyl (C=O) groups excluding carboxylic acids is 1. The van der Waals surface area contributed by atoms with Crippen LogP contribution in [0.3, 0.4) is 0 Å². The quantitative estimate of drug-likeness (QED) is 0.478. The van der Waals surface area contributed by atoms with Crippen LogP contribution in [0.15, 0.2) is 71.8 Å². The SMILES string of the molecule is CCOc1ccc(C2=NN3[C@@H](C2)c2cccc(OC)c2O[C@H]3c2ccc(C(=O)OC)cc2)cc1. The summed E-state index contributed by atoms with van der Waals surface area (Å²) >= 11 is 0. The first-order valence-electron chi connectivity index (χ1n) is 11.2. The molecule has 0 spiro atoms. The van der Waals surface area contributed by atoms with E-state index in [1.165, 1.54) is 7.11 Å². The Morgan fingerprint density at radius 2 is 1.82 bits per heavy atom. The lowest BCUT2D eigenvalue weighted by Crippen LogP contribution is -2.33. The second-order valence-electron chi connectivity index (χ2n) is 8.07. The zero-order valence-corrected chi connectivity index (χ0v) is 19.4. The number of hydrogen-bond donors (Lipinski definition) is 0. The molecule has 0 saturated heterocycles. The van der Waals surface area contributed by atoms with Crippen LogP contribution in [0.1, 0.15) is 52.7 Å². The van der Waals surface area contributed by atoms with Crippen LogP contribution < -0.4 is 14.2 Å². The van der Waals surface area contributed by atoms with Crippen molar-refractivity contribution in [1.29, 1.82) is 0 Å². The van der Waals surface area contributed by atoms with Crippen molar-refractivity contribution in [3.63, 3.8) is 0 Å². The lowest BCUT2D eigenvalue weighted by atomic mass is 9.95. The second kappa shape index (κ2) is 9.09. The number of hydrazone groups is 1. The van der Waals surface area contributed by atoms with Gasteiger partial charge in [0.25, 0.3) is 0 Å². The van der Waals surface area contributed by atoms with E-state index in [2.05, 4.69) is 6.07 Å². The zero-order chi connectivity index (χ0) is 23.7. The van der Waals surface area contributed by atoms with Gasteiger partial charge in [0.1, 0.15) is 5.75 Å². The number of para-hydroxylation sites is 1. The molecule has 0 saturated carbocycles. The molecule has 2 heterocycles. The molecule has 174 valence electrons. The molecule has 34 heavy (non-hydrogen) atoms. The summed E-state index contributed by atoms with van der Waals surface area (Å²) in [6.07, 6.45) is 0.259. The van der Waals surface area contributed by atoms with Gasteiger partial charge >= 0.3 is 5.97 Å². The number of ether oxygens (including phenoxy) is 4. The van der Waals surface area contributed by atoms with E-state index in [0.29, 0.717) is 17.9 Å². The highest BCUT2D eigenvalue weighted by Gasteiger charge is 2.42. The molecule has 2 aliphatic heterocycles. The molecule has 0 fully saturated rings. The first-order valence-corrected chi connectivity index (χ1v) is 11.2. The van der Waals surface area contributed by atoms with E-state index >= 15 is 0 Å². The van der Waals surface area contributed by atoms with Crippen LogP contribution in [0.5, 0.6) is 17.2 Å². The number of carbonyl (C=O) groups is 1. The molecular weight excluding hydrogens is 432 g/mol. The molecule has 7 nitrogen and oxygen atoms in total. The molecule has 3 aromatic carbocycles. The number of rotatable bonds is 6. The summed E-state index contributed by atoms with van der Waals surface area (Å²) in [6, 6.07) is 21.2. The maximum absolute atomic E-state index is 11.9. The van der Waals surface area contributed by atoms with Crippen LogP contribution in [0.4, 0.5) is 0 Å². The van der Waals surface area contributed by atoms with E-state index in [-0.39, 0.29) is 12.0 Å². The smallest absolute Gasteiger partial charge is 0.337 e. The maximum Gasteiger partial charge on any atom is 0.337 e. The number of esters is 1. The van der Waals surface area contributed by atoms with Crippen molar-refractivity contribution in [3.05, 3.63) is 89.0 Å². The maximum atomic E-state index is 11.9. The van der Waals surface area contributed by atoms with Gasteiger partial charge in [-0.15, -0.1) is 0 Å².